The lowest BCUT2D eigenvalue weighted by Crippen LogP contribution is -2.41. The number of para-hydroxylation sites is 1. The molecule has 0 saturated carbocycles. The molecule has 4 rings (SSSR count). The molecule has 0 saturated heterocycles. The van der Waals surface area contributed by atoms with Gasteiger partial charge in [-0.1, -0.05) is 18.2 Å². The number of anilines is 1. The first-order valence-corrected chi connectivity index (χ1v) is 10.4. The molecule has 1 aliphatic rings. The van der Waals surface area contributed by atoms with Gasteiger partial charge >= 0.3 is 11.8 Å². The van der Waals surface area contributed by atoms with Crippen molar-refractivity contribution < 1.29 is 18.4 Å². The number of nitrogens with zero attached hydrogens (tertiary/aromatic N) is 1. The van der Waals surface area contributed by atoms with E-state index in [1.54, 1.807) is 13.0 Å². The van der Waals surface area contributed by atoms with E-state index in [4.69, 9.17) is 21.1 Å². The van der Waals surface area contributed by atoms with Gasteiger partial charge < -0.3 is 14.2 Å². The Kier molecular flexibility index (Phi) is 6.31. The molecule has 0 unspecified atom stereocenters. The first-order chi connectivity index (χ1) is 15.5. The Balaban J connectivity index is 1.45. The van der Waals surface area contributed by atoms with Crippen molar-refractivity contribution in [3.8, 4) is 0 Å². The number of thiocarbonyl (C=S) groups is 1. The monoisotopic (exact) mass is 451 g/mol. The summed E-state index contributed by atoms with van der Waals surface area (Å²) in [6.07, 6.45) is 3.60. The molecule has 4 N–H and O–H groups in total. The standard InChI is InChI=1S/C22H21N5O4S/c1-13-18-15(24-27-22(32)23-14-7-3-2-4-8-14)9-5-10-16(18)31-19(13)21(29)26-25-20(28)17-11-6-12-30-17/h2-4,6-8,11-12H,5,9-10H2,1H3,(H,25,28)(H,26,29)(H2,23,27,32)/b24-15+. The quantitative estimate of drug-likeness (QED) is 0.355. The van der Waals surface area contributed by atoms with Crippen molar-refractivity contribution in [1.82, 2.24) is 16.3 Å². The number of carbonyl (C=O) groups is 2. The number of carbonyl (C=O) groups excluding carboxylic acids is 2. The molecule has 0 aliphatic heterocycles. The second-order valence-corrected chi connectivity index (χ2v) is 7.49. The smallest absolute Gasteiger partial charge is 0.305 e. The van der Waals surface area contributed by atoms with Gasteiger partial charge in [0.15, 0.2) is 16.6 Å². The molecule has 1 aliphatic carbocycles. The van der Waals surface area contributed by atoms with Gasteiger partial charge in [-0.25, -0.2) is 0 Å². The van der Waals surface area contributed by atoms with Crippen LogP contribution in [0, 0.1) is 6.92 Å². The Bertz CT molecular complexity index is 1170. The number of hydrazine groups is 1. The fourth-order valence-corrected chi connectivity index (χ4v) is 3.60. The number of nitrogens with one attached hydrogen (secondary N) is 4. The van der Waals surface area contributed by atoms with Crippen LogP contribution in [-0.4, -0.2) is 22.6 Å². The molecular weight excluding hydrogens is 430 g/mol. The third-order valence-corrected chi connectivity index (χ3v) is 5.08. The molecule has 0 fully saturated rings. The number of hydrazone groups is 1. The molecule has 0 radical (unpaired) electrons. The number of hydrogen-bond donors (Lipinski definition) is 4. The summed E-state index contributed by atoms with van der Waals surface area (Å²) in [5, 5.41) is 7.87. The van der Waals surface area contributed by atoms with Crippen LogP contribution in [0.2, 0.25) is 0 Å². The van der Waals surface area contributed by atoms with Crippen molar-refractivity contribution in [1.29, 1.82) is 0 Å². The van der Waals surface area contributed by atoms with Gasteiger partial charge in [-0.3, -0.25) is 25.9 Å². The highest BCUT2D eigenvalue weighted by Gasteiger charge is 2.28. The minimum Gasteiger partial charge on any atom is -0.459 e. The summed E-state index contributed by atoms with van der Waals surface area (Å²) in [6.45, 7) is 1.78. The van der Waals surface area contributed by atoms with Gasteiger partial charge in [0.05, 0.1) is 12.0 Å². The topological polar surface area (TPSA) is 121 Å². The van der Waals surface area contributed by atoms with Crippen molar-refractivity contribution in [3.63, 3.8) is 0 Å². The second-order valence-electron chi connectivity index (χ2n) is 7.08. The van der Waals surface area contributed by atoms with Crippen LogP contribution in [0.3, 0.4) is 0 Å². The van der Waals surface area contributed by atoms with Crippen LogP contribution in [-0.2, 0) is 6.42 Å². The highest BCUT2D eigenvalue weighted by atomic mass is 32.1. The van der Waals surface area contributed by atoms with Crippen molar-refractivity contribution in [2.24, 2.45) is 5.10 Å². The minimum atomic E-state index is -0.566. The van der Waals surface area contributed by atoms with E-state index in [9.17, 15) is 9.59 Å². The zero-order valence-corrected chi connectivity index (χ0v) is 18.0. The summed E-state index contributed by atoms with van der Waals surface area (Å²) in [5.41, 5.74) is 10.6. The lowest BCUT2D eigenvalue weighted by Gasteiger charge is -2.14. The summed E-state index contributed by atoms with van der Waals surface area (Å²) >= 11 is 5.31. The van der Waals surface area contributed by atoms with E-state index in [1.165, 1.54) is 12.3 Å². The highest BCUT2D eigenvalue weighted by Crippen LogP contribution is 2.29. The number of aryl methyl sites for hydroxylation is 1. The number of fused-ring (bicyclic) bond motifs is 1. The highest BCUT2D eigenvalue weighted by molar-refractivity contribution is 7.80. The number of benzene rings is 1. The minimum absolute atomic E-state index is 0.0846. The molecular formula is C22H21N5O4S. The molecule has 0 bridgehead atoms. The van der Waals surface area contributed by atoms with E-state index in [2.05, 4.69) is 26.7 Å². The number of furan rings is 2. The van der Waals surface area contributed by atoms with Gasteiger partial charge in [0.2, 0.25) is 0 Å². The molecule has 3 aromatic rings. The summed E-state index contributed by atoms with van der Waals surface area (Å²) in [4.78, 5) is 24.6. The number of amides is 2. The molecule has 10 heteroatoms. The number of hydrogen-bond acceptors (Lipinski definition) is 6. The Labute approximate surface area is 189 Å². The molecule has 2 aromatic heterocycles. The van der Waals surface area contributed by atoms with Crippen molar-refractivity contribution >= 4 is 40.5 Å². The Hall–Kier alpha value is -3.92. The van der Waals surface area contributed by atoms with E-state index in [-0.39, 0.29) is 11.5 Å². The summed E-state index contributed by atoms with van der Waals surface area (Å²) in [6, 6.07) is 12.6. The van der Waals surface area contributed by atoms with E-state index in [0.717, 1.165) is 23.4 Å². The van der Waals surface area contributed by atoms with Gasteiger partial charge in [0.1, 0.15) is 5.76 Å². The van der Waals surface area contributed by atoms with Crippen LogP contribution in [0.4, 0.5) is 5.69 Å². The largest absolute Gasteiger partial charge is 0.459 e. The first-order valence-electron chi connectivity index (χ1n) is 9.98. The molecule has 1 aromatic carbocycles. The van der Waals surface area contributed by atoms with Crippen LogP contribution in [0.25, 0.3) is 0 Å². The third kappa shape index (κ3) is 4.70. The van der Waals surface area contributed by atoms with Crippen molar-refractivity contribution in [2.45, 2.75) is 26.2 Å². The zero-order chi connectivity index (χ0) is 22.5. The second kappa shape index (κ2) is 9.48. The lowest BCUT2D eigenvalue weighted by molar-refractivity contribution is 0.0815. The van der Waals surface area contributed by atoms with Crippen LogP contribution < -0.4 is 21.6 Å². The van der Waals surface area contributed by atoms with E-state index in [0.29, 0.717) is 29.3 Å². The average molecular weight is 452 g/mol. The molecule has 32 heavy (non-hydrogen) atoms. The van der Waals surface area contributed by atoms with Gasteiger partial charge in [-0.05, 0) is 56.2 Å². The SMILES string of the molecule is Cc1c(C(=O)NNC(=O)c2ccco2)oc2c1/C(=N/NC(=S)Nc1ccccc1)CCC2. The Morgan fingerprint density at radius 1 is 1.03 bits per heavy atom. The Morgan fingerprint density at radius 2 is 1.81 bits per heavy atom. The van der Waals surface area contributed by atoms with E-state index < -0.39 is 11.8 Å². The van der Waals surface area contributed by atoms with Crippen LogP contribution in [0.15, 0.2) is 62.7 Å². The Morgan fingerprint density at radius 3 is 2.56 bits per heavy atom. The first kappa shape index (κ1) is 21.3. The number of rotatable bonds is 4. The molecule has 2 amide bonds. The normalized spacial score (nSPS) is 13.8. The maximum Gasteiger partial charge on any atom is 0.305 e. The van der Waals surface area contributed by atoms with Gasteiger partial charge in [0, 0.05) is 23.2 Å². The fourth-order valence-electron chi connectivity index (χ4n) is 3.44. The average Bonchev–Trinajstić information content (AvgIpc) is 3.45. The van der Waals surface area contributed by atoms with Gasteiger partial charge in [0.25, 0.3) is 0 Å². The zero-order valence-electron chi connectivity index (χ0n) is 17.2. The molecule has 164 valence electrons. The van der Waals surface area contributed by atoms with Crippen LogP contribution in [0.5, 0.6) is 0 Å². The van der Waals surface area contributed by atoms with Gasteiger partial charge in [-0.2, -0.15) is 5.10 Å². The summed E-state index contributed by atoms with van der Waals surface area (Å²) in [7, 11) is 0. The van der Waals surface area contributed by atoms with Crippen molar-refractivity contribution in [3.05, 3.63) is 77.1 Å². The van der Waals surface area contributed by atoms with E-state index >= 15 is 0 Å². The maximum atomic E-state index is 12.6. The molecule has 2 heterocycles. The molecule has 9 nitrogen and oxygen atoms in total. The molecule has 0 atom stereocenters. The predicted molar refractivity (Wildman–Crippen MR) is 122 cm³/mol. The lowest BCUT2D eigenvalue weighted by atomic mass is 9.93. The van der Waals surface area contributed by atoms with Gasteiger partial charge in [-0.15, -0.1) is 0 Å². The van der Waals surface area contributed by atoms with E-state index in [1.807, 2.05) is 30.3 Å². The maximum absolute atomic E-state index is 12.6. The summed E-state index contributed by atoms with van der Waals surface area (Å²) in [5.74, 6) is -0.247. The van der Waals surface area contributed by atoms with Crippen LogP contribution in [0.1, 0.15) is 50.8 Å². The predicted octanol–water partition coefficient (Wildman–Crippen LogP) is 3.28. The fraction of sp³-hybridized carbons (Fsp3) is 0.182. The molecule has 0 spiro atoms. The summed E-state index contributed by atoms with van der Waals surface area (Å²) < 4.78 is 10.8. The van der Waals surface area contributed by atoms with Crippen LogP contribution >= 0.6 is 12.2 Å². The third-order valence-electron chi connectivity index (χ3n) is 4.89. The van der Waals surface area contributed by atoms with Crippen molar-refractivity contribution in [2.75, 3.05) is 5.32 Å².